The zero-order chi connectivity index (χ0) is 16.9. The van der Waals surface area contributed by atoms with Gasteiger partial charge in [-0.3, -0.25) is 5.43 Å². The van der Waals surface area contributed by atoms with Gasteiger partial charge in [0.1, 0.15) is 5.69 Å². The molecule has 0 amide bonds. The Bertz CT molecular complexity index is 1010. The van der Waals surface area contributed by atoms with Gasteiger partial charge in [0.2, 0.25) is 0 Å². The van der Waals surface area contributed by atoms with Crippen molar-refractivity contribution in [1.29, 1.82) is 0 Å². The third-order valence-electron chi connectivity index (χ3n) is 3.80. The standard InChI is InChI=1S/C21H16N4/c1-3-9-16(10-4-1)15-22-25-21-20(17-11-5-2-6-12-17)23-18-13-7-8-14-19(18)24-21/h1-15H,(H,24,25). The molecule has 0 fully saturated rings. The van der Waals surface area contributed by atoms with Gasteiger partial charge in [-0.05, 0) is 17.7 Å². The third-order valence-corrected chi connectivity index (χ3v) is 3.80. The molecule has 0 aliphatic heterocycles. The molecule has 0 unspecified atom stereocenters. The van der Waals surface area contributed by atoms with E-state index < -0.39 is 0 Å². The fraction of sp³-hybridized carbons (Fsp3) is 0. The van der Waals surface area contributed by atoms with Crippen LogP contribution in [0.1, 0.15) is 5.56 Å². The van der Waals surface area contributed by atoms with Crippen molar-refractivity contribution < 1.29 is 0 Å². The second-order valence-electron chi connectivity index (χ2n) is 5.56. The lowest BCUT2D eigenvalue weighted by Crippen LogP contribution is -2.00. The predicted octanol–water partition coefficient (Wildman–Crippen LogP) is 4.74. The summed E-state index contributed by atoms with van der Waals surface area (Å²) in [6, 6.07) is 27.8. The van der Waals surface area contributed by atoms with Crippen LogP contribution in [0.15, 0.2) is 90.0 Å². The minimum absolute atomic E-state index is 0.636. The summed E-state index contributed by atoms with van der Waals surface area (Å²) in [7, 11) is 0. The number of nitrogens with one attached hydrogen (secondary N) is 1. The molecule has 0 aliphatic carbocycles. The minimum Gasteiger partial charge on any atom is -0.260 e. The van der Waals surface area contributed by atoms with Gasteiger partial charge in [0, 0.05) is 5.56 Å². The number of rotatable bonds is 4. The molecule has 0 saturated carbocycles. The van der Waals surface area contributed by atoms with E-state index in [1.54, 1.807) is 6.21 Å². The second kappa shape index (κ2) is 6.93. The SMILES string of the molecule is C(=NNc1nc2ccccc2nc1-c1ccccc1)c1ccccc1. The van der Waals surface area contributed by atoms with Gasteiger partial charge in [-0.2, -0.15) is 5.10 Å². The number of nitrogens with zero attached hydrogens (tertiary/aromatic N) is 3. The molecule has 3 aromatic carbocycles. The Kier molecular flexibility index (Phi) is 4.16. The van der Waals surface area contributed by atoms with Crippen molar-refractivity contribution in [3.63, 3.8) is 0 Å². The van der Waals surface area contributed by atoms with E-state index in [0.717, 1.165) is 27.9 Å². The topological polar surface area (TPSA) is 50.2 Å². The van der Waals surface area contributed by atoms with E-state index in [0.29, 0.717) is 5.82 Å². The summed E-state index contributed by atoms with van der Waals surface area (Å²) in [5.74, 6) is 0.636. The average molecular weight is 324 g/mol. The van der Waals surface area contributed by atoms with Crippen molar-refractivity contribution in [3.8, 4) is 11.3 Å². The van der Waals surface area contributed by atoms with E-state index in [9.17, 15) is 0 Å². The van der Waals surface area contributed by atoms with Crippen LogP contribution in [0.5, 0.6) is 0 Å². The van der Waals surface area contributed by atoms with Crippen molar-refractivity contribution in [2.24, 2.45) is 5.10 Å². The molecule has 0 atom stereocenters. The van der Waals surface area contributed by atoms with E-state index in [-0.39, 0.29) is 0 Å². The maximum Gasteiger partial charge on any atom is 0.173 e. The first-order valence-electron chi connectivity index (χ1n) is 8.06. The molecule has 0 aliphatic rings. The van der Waals surface area contributed by atoms with Crippen molar-refractivity contribution in [2.75, 3.05) is 5.43 Å². The van der Waals surface area contributed by atoms with Gasteiger partial charge < -0.3 is 0 Å². The number of hydrazone groups is 1. The maximum absolute atomic E-state index is 4.77. The molecule has 1 heterocycles. The lowest BCUT2D eigenvalue weighted by atomic mass is 10.1. The Balaban J connectivity index is 1.74. The number of hydrogen-bond donors (Lipinski definition) is 1. The van der Waals surface area contributed by atoms with E-state index in [2.05, 4.69) is 10.5 Å². The number of anilines is 1. The molecule has 0 radical (unpaired) electrons. The monoisotopic (exact) mass is 324 g/mol. The van der Waals surface area contributed by atoms with Gasteiger partial charge in [0.25, 0.3) is 0 Å². The Morgan fingerprint density at radius 1 is 0.680 bits per heavy atom. The van der Waals surface area contributed by atoms with Gasteiger partial charge >= 0.3 is 0 Å². The molecule has 4 heteroatoms. The zero-order valence-electron chi connectivity index (χ0n) is 13.5. The molecule has 25 heavy (non-hydrogen) atoms. The summed E-state index contributed by atoms with van der Waals surface area (Å²) in [6.07, 6.45) is 1.77. The first-order chi connectivity index (χ1) is 12.4. The van der Waals surface area contributed by atoms with Gasteiger partial charge in [0.05, 0.1) is 17.2 Å². The molecule has 120 valence electrons. The smallest absolute Gasteiger partial charge is 0.173 e. The molecule has 4 aromatic rings. The average Bonchev–Trinajstić information content (AvgIpc) is 2.69. The summed E-state index contributed by atoms with van der Waals surface area (Å²) < 4.78 is 0. The highest BCUT2D eigenvalue weighted by Crippen LogP contribution is 2.26. The van der Waals surface area contributed by atoms with Crippen LogP contribution < -0.4 is 5.43 Å². The number of hydrogen-bond acceptors (Lipinski definition) is 4. The molecule has 1 N–H and O–H groups in total. The molecule has 0 saturated heterocycles. The Labute approximate surface area is 145 Å². The first kappa shape index (κ1) is 15.0. The van der Waals surface area contributed by atoms with Crippen LogP contribution in [0.25, 0.3) is 22.3 Å². The van der Waals surface area contributed by atoms with Gasteiger partial charge in [0.15, 0.2) is 5.82 Å². The lowest BCUT2D eigenvalue weighted by Gasteiger charge is -2.09. The summed E-state index contributed by atoms with van der Waals surface area (Å²) in [6.45, 7) is 0. The highest BCUT2D eigenvalue weighted by atomic mass is 15.3. The van der Waals surface area contributed by atoms with E-state index in [1.165, 1.54) is 0 Å². The van der Waals surface area contributed by atoms with Crippen LogP contribution in [0.3, 0.4) is 0 Å². The van der Waals surface area contributed by atoms with Gasteiger partial charge in [-0.1, -0.05) is 72.8 Å². The Morgan fingerprint density at radius 3 is 2.00 bits per heavy atom. The lowest BCUT2D eigenvalue weighted by molar-refractivity contribution is 1.22. The maximum atomic E-state index is 4.77. The van der Waals surface area contributed by atoms with Crippen molar-refractivity contribution in [2.45, 2.75) is 0 Å². The molecular weight excluding hydrogens is 308 g/mol. The molecule has 0 spiro atoms. The third kappa shape index (κ3) is 3.38. The van der Waals surface area contributed by atoms with E-state index in [4.69, 9.17) is 9.97 Å². The van der Waals surface area contributed by atoms with Crippen molar-refractivity contribution >= 4 is 23.1 Å². The predicted molar refractivity (Wildman–Crippen MR) is 103 cm³/mol. The molecule has 0 bridgehead atoms. The zero-order valence-corrected chi connectivity index (χ0v) is 13.5. The quantitative estimate of drug-likeness (QED) is 0.435. The summed E-state index contributed by atoms with van der Waals surface area (Å²) in [4.78, 5) is 9.47. The van der Waals surface area contributed by atoms with Crippen LogP contribution in [0.2, 0.25) is 0 Å². The van der Waals surface area contributed by atoms with Crippen molar-refractivity contribution in [1.82, 2.24) is 9.97 Å². The van der Waals surface area contributed by atoms with Gasteiger partial charge in [-0.15, -0.1) is 0 Å². The molecular formula is C21H16N4. The van der Waals surface area contributed by atoms with Crippen LogP contribution in [0, 0.1) is 0 Å². The number of para-hydroxylation sites is 2. The van der Waals surface area contributed by atoms with Gasteiger partial charge in [-0.25, -0.2) is 9.97 Å². The highest BCUT2D eigenvalue weighted by molar-refractivity contribution is 5.84. The van der Waals surface area contributed by atoms with Crippen LogP contribution in [-0.4, -0.2) is 16.2 Å². The Hall–Kier alpha value is -3.53. The summed E-state index contributed by atoms with van der Waals surface area (Å²) in [5.41, 5.74) is 7.54. The molecule has 1 aromatic heterocycles. The van der Waals surface area contributed by atoms with E-state index in [1.807, 2.05) is 84.9 Å². The first-order valence-corrected chi connectivity index (χ1v) is 8.06. The van der Waals surface area contributed by atoms with Crippen molar-refractivity contribution in [3.05, 3.63) is 90.5 Å². The largest absolute Gasteiger partial charge is 0.260 e. The Morgan fingerprint density at radius 2 is 1.28 bits per heavy atom. The highest BCUT2D eigenvalue weighted by Gasteiger charge is 2.10. The summed E-state index contributed by atoms with van der Waals surface area (Å²) in [5, 5.41) is 4.33. The minimum atomic E-state index is 0.636. The molecule has 4 nitrogen and oxygen atoms in total. The van der Waals surface area contributed by atoms with E-state index >= 15 is 0 Å². The normalized spacial score (nSPS) is 11.0. The molecule has 4 rings (SSSR count). The number of fused-ring (bicyclic) bond motifs is 1. The summed E-state index contributed by atoms with van der Waals surface area (Å²) >= 11 is 0. The van der Waals surface area contributed by atoms with Crippen LogP contribution in [0.4, 0.5) is 5.82 Å². The fourth-order valence-electron chi connectivity index (χ4n) is 2.58. The second-order valence-corrected chi connectivity index (χ2v) is 5.56. The van der Waals surface area contributed by atoms with Crippen LogP contribution in [-0.2, 0) is 0 Å². The number of aromatic nitrogens is 2. The van der Waals surface area contributed by atoms with Crippen LogP contribution >= 0.6 is 0 Å². The fourth-order valence-corrected chi connectivity index (χ4v) is 2.58. The number of benzene rings is 3.